The van der Waals surface area contributed by atoms with Crippen LogP contribution < -0.4 is 11.0 Å². The number of H-pyrrole nitrogens is 1. The summed E-state index contributed by atoms with van der Waals surface area (Å²) < 4.78 is 11.8. The summed E-state index contributed by atoms with van der Waals surface area (Å²) in [5, 5.41) is 0. The van der Waals surface area contributed by atoms with Gasteiger partial charge in [-0.25, -0.2) is 0 Å². The van der Waals surface area contributed by atoms with Crippen LogP contribution in [-0.4, -0.2) is 23.3 Å². The number of rotatable bonds is 1. The molecule has 0 aliphatic carbocycles. The fourth-order valence-electron chi connectivity index (χ4n) is 1.77. The molecular weight excluding hydrogens is 229 g/mol. The molecule has 5 heteroatoms. The fraction of sp³-hybridized carbons (Fsp3) is 0.462. The first-order chi connectivity index (χ1) is 8.27. The summed E-state index contributed by atoms with van der Waals surface area (Å²) >= 11 is 0. The maximum absolute atomic E-state index is 11.2. The van der Waals surface area contributed by atoms with Crippen molar-refractivity contribution in [2.45, 2.75) is 38.9 Å². The van der Waals surface area contributed by atoms with E-state index in [1.165, 1.54) is 6.07 Å². The Morgan fingerprint density at radius 2 is 1.78 bits per heavy atom. The predicted octanol–water partition coefficient (Wildman–Crippen LogP) is 0.655. The summed E-state index contributed by atoms with van der Waals surface area (Å²) in [4.78, 5) is 13.8. The average molecular weight is 245 g/mol. The van der Waals surface area contributed by atoms with Crippen molar-refractivity contribution >= 4 is 12.6 Å². The molecule has 0 radical (unpaired) electrons. The number of aromatic nitrogens is 1. The summed E-state index contributed by atoms with van der Waals surface area (Å²) in [6.45, 7) is 7.87. The summed E-state index contributed by atoms with van der Waals surface area (Å²) in [6.07, 6.45) is 5.39. The van der Waals surface area contributed by atoms with E-state index in [9.17, 15) is 4.79 Å². The lowest BCUT2D eigenvalue weighted by atomic mass is 9.78. The number of hydrogen-bond acceptors (Lipinski definition) is 3. The second-order valence-electron chi connectivity index (χ2n) is 5.39. The molecule has 0 spiro atoms. The van der Waals surface area contributed by atoms with Crippen molar-refractivity contribution in [2.75, 3.05) is 0 Å². The van der Waals surface area contributed by atoms with E-state index < -0.39 is 18.3 Å². The minimum atomic E-state index is -0.558. The van der Waals surface area contributed by atoms with Gasteiger partial charge < -0.3 is 14.3 Å². The Morgan fingerprint density at radius 3 is 2.28 bits per heavy atom. The molecule has 1 saturated heterocycles. The number of aromatic amines is 1. The van der Waals surface area contributed by atoms with Crippen LogP contribution in [0.4, 0.5) is 0 Å². The standard InChI is InChI=1S/C13H16BNO3/c1-6-10-9(7-8-11(16)15-10)14-17-12(2,3)13(4,5)18-14/h1,7-8H,2-5H3,(H,15,16). The first-order valence-electron chi connectivity index (χ1n) is 5.82. The van der Waals surface area contributed by atoms with Crippen LogP contribution in [0.25, 0.3) is 0 Å². The van der Waals surface area contributed by atoms with E-state index in [1.54, 1.807) is 6.07 Å². The largest absolute Gasteiger partial charge is 0.497 e. The quantitative estimate of drug-likeness (QED) is 0.584. The lowest BCUT2D eigenvalue weighted by Crippen LogP contribution is -2.41. The zero-order valence-corrected chi connectivity index (χ0v) is 11.0. The van der Waals surface area contributed by atoms with Crippen LogP contribution >= 0.6 is 0 Å². The zero-order chi connectivity index (χ0) is 13.6. The first-order valence-corrected chi connectivity index (χ1v) is 5.82. The molecule has 94 valence electrons. The van der Waals surface area contributed by atoms with Gasteiger partial charge >= 0.3 is 7.12 Å². The van der Waals surface area contributed by atoms with Crippen LogP contribution in [-0.2, 0) is 9.31 Å². The Balaban J connectivity index is 2.42. The average Bonchev–Trinajstić information content (AvgIpc) is 2.47. The van der Waals surface area contributed by atoms with Crippen LogP contribution in [0.15, 0.2) is 16.9 Å². The lowest BCUT2D eigenvalue weighted by Gasteiger charge is -2.32. The molecule has 1 aromatic heterocycles. The summed E-state index contributed by atoms with van der Waals surface area (Å²) in [5.41, 5.74) is -0.0146. The highest BCUT2D eigenvalue weighted by Crippen LogP contribution is 2.36. The molecule has 0 aromatic carbocycles. The van der Waals surface area contributed by atoms with Gasteiger partial charge in [-0.05, 0) is 27.7 Å². The van der Waals surface area contributed by atoms with Gasteiger partial charge in [-0.3, -0.25) is 4.79 Å². The second-order valence-corrected chi connectivity index (χ2v) is 5.39. The van der Waals surface area contributed by atoms with E-state index in [0.29, 0.717) is 11.2 Å². The third-order valence-electron chi connectivity index (χ3n) is 3.60. The van der Waals surface area contributed by atoms with Crippen molar-refractivity contribution in [2.24, 2.45) is 0 Å². The Bertz CT molecular complexity index is 552. The molecule has 0 unspecified atom stereocenters. The molecule has 0 saturated carbocycles. The van der Waals surface area contributed by atoms with Gasteiger partial charge in [-0.2, -0.15) is 0 Å². The van der Waals surface area contributed by atoms with E-state index in [4.69, 9.17) is 15.7 Å². The van der Waals surface area contributed by atoms with Crippen LogP contribution in [0, 0.1) is 12.3 Å². The van der Waals surface area contributed by atoms with E-state index >= 15 is 0 Å². The molecule has 4 nitrogen and oxygen atoms in total. The Hall–Kier alpha value is -1.51. The van der Waals surface area contributed by atoms with Gasteiger partial charge in [0.15, 0.2) is 0 Å². The van der Waals surface area contributed by atoms with E-state index in [0.717, 1.165) is 0 Å². The van der Waals surface area contributed by atoms with Crippen molar-refractivity contribution in [1.29, 1.82) is 0 Å². The molecule has 1 N–H and O–H groups in total. The molecule has 1 aliphatic rings. The fourth-order valence-corrected chi connectivity index (χ4v) is 1.77. The zero-order valence-electron chi connectivity index (χ0n) is 11.0. The molecular formula is C13H16BNO3. The monoisotopic (exact) mass is 245 g/mol. The van der Waals surface area contributed by atoms with Crippen molar-refractivity contribution < 1.29 is 9.31 Å². The molecule has 18 heavy (non-hydrogen) atoms. The molecule has 1 aliphatic heterocycles. The van der Waals surface area contributed by atoms with Gasteiger partial charge in [0.05, 0.1) is 16.9 Å². The van der Waals surface area contributed by atoms with Crippen molar-refractivity contribution in [3.8, 4) is 12.3 Å². The minimum absolute atomic E-state index is 0.233. The smallest absolute Gasteiger partial charge is 0.399 e. The number of nitrogens with one attached hydrogen (secondary N) is 1. The van der Waals surface area contributed by atoms with E-state index in [-0.39, 0.29) is 5.56 Å². The van der Waals surface area contributed by atoms with Gasteiger partial charge in [-0.1, -0.05) is 12.0 Å². The third-order valence-corrected chi connectivity index (χ3v) is 3.60. The minimum Gasteiger partial charge on any atom is -0.399 e. The van der Waals surface area contributed by atoms with E-state index in [2.05, 4.69) is 10.9 Å². The highest BCUT2D eigenvalue weighted by molar-refractivity contribution is 6.62. The molecule has 0 bridgehead atoms. The summed E-state index contributed by atoms with van der Waals surface area (Å²) in [5.74, 6) is 2.45. The van der Waals surface area contributed by atoms with Crippen molar-refractivity contribution in [1.82, 2.24) is 4.98 Å². The van der Waals surface area contributed by atoms with Gasteiger partial charge in [0, 0.05) is 11.5 Å². The summed E-state index contributed by atoms with van der Waals surface area (Å²) in [7, 11) is -0.558. The Labute approximate surface area is 107 Å². The third kappa shape index (κ3) is 1.98. The highest BCUT2D eigenvalue weighted by atomic mass is 16.7. The maximum atomic E-state index is 11.2. The van der Waals surface area contributed by atoms with Crippen molar-refractivity contribution in [3.05, 3.63) is 28.2 Å². The first kappa shape index (κ1) is 12.9. The van der Waals surface area contributed by atoms with Crippen LogP contribution in [0.2, 0.25) is 0 Å². The normalized spacial score (nSPS) is 20.7. The Morgan fingerprint density at radius 1 is 1.22 bits per heavy atom. The number of pyridine rings is 1. The topological polar surface area (TPSA) is 51.3 Å². The van der Waals surface area contributed by atoms with Crippen LogP contribution in [0.5, 0.6) is 0 Å². The molecule has 1 fully saturated rings. The molecule has 0 atom stereocenters. The van der Waals surface area contributed by atoms with E-state index in [1.807, 2.05) is 27.7 Å². The number of terminal acetylenes is 1. The maximum Gasteiger partial charge on any atom is 0.497 e. The lowest BCUT2D eigenvalue weighted by molar-refractivity contribution is 0.00578. The van der Waals surface area contributed by atoms with Gasteiger partial charge in [-0.15, -0.1) is 6.42 Å². The molecule has 0 amide bonds. The molecule has 1 aromatic rings. The predicted molar refractivity (Wildman–Crippen MR) is 70.7 cm³/mol. The molecule has 2 rings (SSSR count). The highest BCUT2D eigenvalue weighted by Gasteiger charge is 2.52. The summed E-state index contributed by atoms with van der Waals surface area (Å²) in [6, 6.07) is 3.07. The number of hydrogen-bond donors (Lipinski definition) is 1. The van der Waals surface area contributed by atoms with Crippen molar-refractivity contribution in [3.63, 3.8) is 0 Å². The van der Waals surface area contributed by atoms with Gasteiger partial charge in [0.1, 0.15) is 0 Å². The van der Waals surface area contributed by atoms with Gasteiger partial charge in [0.25, 0.3) is 0 Å². The van der Waals surface area contributed by atoms with Crippen LogP contribution in [0.1, 0.15) is 33.4 Å². The second kappa shape index (κ2) is 4.01. The Kier molecular flexibility index (Phi) is 2.88. The van der Waals surface area contributed by atoms with Gasteiger partial charge in [0.2, 0.25) is 5.56 Å². The molecule has 2 heterocycles. The SMILES string of the molecule is C#Cc1[nH]c(=O)ccc1B1OC(C)(C)C(C)(C)O1. The van der Waals surface area contributed by atoms with Crippen LogP contribution in [0.3, 0.4) is 0 Å².